The number of alkyl carbamates (subject to hydrolysis) is 1. The highest BCUT2D eigenvalue weighted by molar-refractivity contribution is 5.75. The van der Waals surface area contributed by atoms with Gasteiger partial charge in [0.05, 0.1) is 46.2 Å². The van der Waals surface area contributed by atoms with Gasteiger partial charge in [-0.1, -0.05) is 0 Å². The number of aliphatic hydroxyl groups excluding tert-OH is 3. The molecule has 0 aromatic heterocycles. The van der Waals surface area contributed by atoms with Gasteiger partial charge >= 0.3 is 6.09 Å². The molecule has 188 valence electrons. The fourth-order valence-corrected chi connectivity index (χ4v) is 2.80. The van der Waals surface area contributed by atoms with E-state index in [-0.39, 0.29) is 18.9 Å². The van der Waals surface area contributed by atoms with Crippen LogP contribution in [0, 0.1) is 0 Å². The van der Waals surface area contributed by atoms with Crippen molar-refractivity contribution in [2.75, 3.05) is 59.8 Å². The Labute approximate surface area is 187 Å². The van der Waals surface area contributed by atoms with E-state index in [1.807, 2.05) is 0 Å². The van der Waals surface area contributed by atoms with Gasteiger partial charge in [-0.3, -0.25) is 4.79 Å². The Morgan fingerprint density at radius 2 is 1.69 bits per heavy atom. The van der Waals surface area contributed by atoms with Gasteiger partial charge in [0, 0.05) is 26.1 Å². The summed E-state index contributed by atoms with van der Waals surface area (Å²) in [6.45, 7) is 2.19. The van der Waals surface area contributed by atoms with Crippen LogP contribution in [0.3, 0.4) is 0 Å². The summed E-state index contributed by atoms with van der Waals surface area (Å²) in [7, 11) is 1.29. The van der Waals surface area contributed by atoms with Gasteiger partial charge in [-0.05, 0) is 12.8 Å². The minimum Gasteiger partial charge on any atom is -0.453 e. The molecule has 0 radical (unpaired) electrons. The highest BCUT2D eigenvalue weighted by Gasteiger charge is 2.42. The molecule has 32 heavy (non-hydrogen) atoms. The number of amides is 2. The lowest BCUT2D eigenvalue weighted by atomic mass is 9.98. The molecule has 0 aliphatic carbocycles. The first-order valence-electron chi connectivity index (χ1n) is 10.6. The molecule has 0 saturated carbocycles. The van der Waals surface area contributed by atoms with Crippen LogP contribution in [-0.2, 0) is 28.5 Å². The molecule has 7 N–H and O–H groups in total. The topological polar surface area (TPSA) is 191 Å². The first-order chi connectivity index (χ1) is 15.4. The molecule has 0 aromatic carbocycles. The molecule has 0 spiro atoms. The minimum absolute atomic E-state index is 0.132. The molecule has 13 heteroatoms. The van der Waals surface area contributed by atoms with Crippen LogP contribution in [-0.4, -0.2) is 118 Å². The van der Waals surface area contributed by atoms with E-state index in [9.17, 15) is 19.8 Å². The maximum Gasteiger partial charge on any atom is 0.406 e. The molecular formula is C19H37N3O10. The normalized spacial score (nSPS) is 25.3. The van der Waals surface area contributed by atoms with Crippen molar-refractivity contribution in [1.82, 2.24) is 10.6 Å². The van der Waals surface area contributed by atoms with Crippen molar-refractivity contribution in [3.63, 3.8) is 0 Å². The molecule has 1 rings (SSSR count). The Morgan fingerprint density at radius 3 is 2.38 bits per heavy atom. The van der Waals surface area contributed by atoms with E-state index in [1.165, 1.54) is 7.11 Å². The molecule has 5 unspecified atom stereocenters. The zero-order valence-corrected chi connectivity index (χ0v) is 18.4. The van der Waals surface area contributed by atoms with Crippen molar-refractivity contribution in [2.45, 2.75) is 49.9 Å². The van der Waals surface area contributed by atoms with Crippen LogP contribution in [0.25, 0.3) is 0 Å². The number of carbonyl (C=O) groups excluding carboxylic acids is 2. The summed E-state index contributed by atoms with van der Waals surface area (Å²) >= 11 is 0. The largest absolute Gasteiger partial charge is 0.453 e. The first kappa shape index (κ1) is 28.5. The lowest BCUT2D eigenvalue weighted by molar-refractivity contribution is -0.265. The first-order valence-corrected chi connectivity index (χ1v) is 10.6. The van der Waals surface area contributed by atoms with Gasteiger partial charge in [0.15, 0.2) is 6.29 Å². The number of hydrogen-bond acceptors (Lipinski definition) is 11. The number of aliphatic hydroxyl groups is 3. The van der Waals surface area contributed by atoms with E-state index in [0.717, 1.165) is 0 Å². The zero-order chi connectivity index (χ0) is 23.8. The zero-order valence-electron chi connectivity index (χ0n) is 18.4. The van der Waals surface area contributed by atoms with Gasteiger partial charge in [-0.15, -0.1) is 0 Å². The third-order valence-electron chi connectivity index (χ3n) is 4.62. The van der Waals surface area contributed by atoms with E-state index in [0.29, 0.717) is 52.4 Å². The lowest BCUT2D eigenvalue weighted by Gasteiger charge is -2.40. The van der Waals surface area contributed by atoms with Crippen molar-refractivity contribution in [3.05, 3.63) is 0 Å². The standard InChI is InChI=1S/C19H37N3O10/c1-28-19(27)22-6-9-30-11-10-29-7-3-5-21-14(24)4-2-8-31-18-15(20)17(26)16(25)13(12-23)32-18/h13,15-18,23,25-26H,2-12,20H2,1H3,(H,21,24)(H,22,27). The number of hydrogen-bond donors (Lipinski definition) is 6. The maximum atomic E-state index is 11.8. The quantitative estimate of drug-likeness (QED) is 0.131. The molecule has 2 amide bonds. The van der Waals surface area contributed by atoms with Gasteiger partial charge in [0.25, 0.3) is 0 Å². The number of methoxy groups -OCH3 is 1. The van der Waals surface area contributed by atoms with Crippen molar-refractivity contribution in [3.8, 4) is 0 Å². The third-order valence-corrected chi connectivity index (χ3v) is 4.62. The molecule has 0 bridgehead atoms. The van der Waals surface area contributed by atoms with Crippen molar-refractivity contribution in [2.24, 2.45) is 5.73 Å². The number of ether oxygens (including phenoxy) is 5. The predicted molar refractivity (Wildman–Crippen MR) is 111 cm³/mol. The van der Waals surface area contributed by atoms with Crippen LogP contribution in [0.2, 0.25) is 0 Å². The number of nitrogens with two attached hydrogens (primary N) is 1. The van der Waals surface area contributed by atoms with Crippen LogP contribution in [0.5, 0.6) is 0 Å². The number of nitrogens with one attached hydrogen (secondary N) is 2. The Balaban J connectivity index is 1.95. The second-order valence-corrected chi connectivity index (χ2v) is 7.10. The van der Waals surface area contributed by atoms with Gasteiger partial charge in [0.1, 0.15) is 18.3 Å². The van der Waals surface area contributed by atoms with Crippen LogP contribution in [0.1, 0.15) is 19.3 Å². The minimum atomic E-state index is -1.28. The molecule has 1 heterocycles. The maximum absolute atomic E-state index is 11.8. The molecule has 1 saturated heterocycles. The summed E-state index contributed by atoms with van der Waals surface area (Å²) in [5.74, 6) is -0.132. The fraction of sp³-hybridized carbons (Fsp3) is 0.895. The number of rotatable bonds is 16. The van der Waals surface area contributed by atoms with E-state index in [1.54, 1.807) is 0 Å². The van der Waals surface area contributed by atoms with Crippen molar-refractivity contribution in [1.29, 1.82) is 0 Å². The smallest absolute Gasteiger partial charge is 0.406 e. The summed E-state index contributed by atoms with van der Waals surface area (Å²) in [5, 5.41) is 34.0. The average Bonchev–Trinajstić information content (AvgIpc) is 2.79. The SMILES string of the molecule is COC(=O)NCCOCCOCCCNC(=O)CCCOC1OC(CO)C(O)C(O)C1N. The third kappa shape index (κ3) is 11.3. The van der Waals surface area contributed by atoms with Gasteiger partial charge in [-0.25, -0.2) is 4.79 Å². The molecule has 0 aromatic rings. The van der Waals surface area contributed by atoms with E-state index >= 15 is 0 Å². The van der Waals surface area contributed by atoms with Crippen molar-refractivity contribution >= 4 is 12.0 Å². The Kier molecular flexibility index (Phi) is 15.1. The Hall–Kier alpha value is -1.58. The summed E-state index contributed by atoms with van der Waals surface area (Å²) in [5.41, 5.74) is 5.77. The number of carbonyl (C=O) groups is 2. The van der Waals surface area contributed by atoms with Crippen LogP contribution >= 0.6 is 0 Å². The van der Waals surface area contributed by atoms with E-state index in [4.69, 9.17) is 29.8 Å². The van der Waals surface area contributed by atoms with Crippen LogP contribution < -0.4 is 16.4 Å². The molecule has 1 fully saturated rings. The van der Waals surface area contributed by atoms with Crippen LogP contribution in [0.15, 0.2) is 0 Å². The highest BCUT2D eigenvalue weighted by Crippen LogP contribution is 2.20. The van der Waals surface area contributed by atoms with E-state index in [2.05, 4.69) is 15.4 Å². The molecule has 5 atom stereocenters. The average molecular weight is 468 g/mol. The monoisotopic (exact) mass is 467 g/mol. The van der Waals surface area contributed by atoms with Crippen molar-refractivity contribution < 1.29 is 48.6 Å². The molecule has 13 nitrogen and oxygen atoms in total. The Morgan fingerprint density at radius 1 is 0.969 bits per heavy atom. The highest BCUT2D eigenvalue weighted by atomic mass is 16.7. The van der Waals surface area contributed by atoms with Gasteiger partial charge < -0.3 is 55.4 Å². The predicted octanol–water partition coefficient (Wildman–Crippen LogP) is -2.55. The summed E-state index contributed by atoms with van der Waals surface area (Å²) in [4.78, 5) is 22.6. The van der Waals surface area contributed by atoms with E-state index < -0.39 is 43.3 Å². The molecule has 1 aliphatic heterocycles. The van der Waals surface area contributed by atoms with Crippen LogP contribution in [0.4, 0.5) is 4.79 Å². The summed E-state index contributed by atoms with van der Waals surface area (Å²) < 4.78 is 25.9. The fourth-order valence-electron chi connectivity index (χ4n) is 2.80. The molecular weight excluding hydrogens is 430 g/mol. The summed E-state index contributed by atoms with van der Waals surface area (Å²) in [6.07, 6.45) is -3.70. The second-order valence-electron chi connectivity index (χ2n) is 7.10. The Bertz CT molecular complexity index is 526. The lowest BCUT2D eigenvalue weighted by Crippen LogP contribution is -2.62. The second kappa shape index (κ2) is 17.0. The van der Waals surface area contributed by atoms with Gasteiger partial charge in [0.2, 0.25) is 5.91 Å². The summed E-state index contributed by atoms with van der Waals surface area (Å²) in [6, 6.07) is -0.955. The van der Waals surface area contributed by atoms with Gasteiger partial charge in [-0.2, -0.15) is 0 Å². The molecule has 1 aliphatic rings.